The first-order valence-electron chi connectivity index (χ1n) is 18.9. The molecule has 0 radical (unpaired) electrons. The van der Waals surface area contributed by atoms with Crippen molar-refractivity contribution in [2.24, 2.45) is 0 Å². The third-order valence-electron chi connectivity index (χ3n) is 11.3. The Hall–Kier alpha value is -7.56. The molecule has 0 saturated carbocycles. The van der Waals surface area contributed by atoms with Crippen LogP contribution in [0.4, 0.5) is 0 Å². The summed E-state index contributed by atoms with van der Waals surface area (Å²) in [6, 6.07) is 63.9. The summed E-state index contributed by atoms with van der Waals surface area (Å²) in [5, 5.41) is 10.4. The predicted molar refractivity (Wildman–Crippen MR) is 231 cm³/mol. The van der Waals surface area contributed by atoms with Crippen LogP contribution in [0.2, 0.25) is 0 Å². The average molecular weight is 715 g/mol. The second kappa shape index (κ2) is 12.0. The van der Waals surface area contributed by atoms with Crippen LogP contribution in [-0.2, 0) is 0 Å². The SMILES string of the molecule is c1ccc(-c2nc(-c3cc(-c4ccc(-c5cccc6c5oc5ccccc56)cc4)c4c5ccccc5c5ccccc5c4c3)nc3c2oc2ccccc23)cc1. The number of nitrogens with zero attached hydrogens (tertiary/aromatic N) is 2. The van der Waals surface area contributed by atoms with Gasteiger partial charge in [-0.25, -0.2) is 9.97 Å². The molecule has 4 nitrogen and oxygen atoms in total. The van der Waals surface area contributed by atoms with Gasteiger partial charge in [-0.3, -0.25) is 0 Å². The summed E-state index contributed by atoms with van der Waals surface area (Å²) in [7, 11) is 0. The van der Waals surface area contributed by atoms with E-state index in [0.29, 0.717) is 11.4 Å². The lowest BCUT2D eigenvalue weighted by Gasteiger charge is -2.17. The third kappa shape index (κ3) is 4.60. The van der Waals surface area contributed by atoms with Crippen LogP contribution < -0.4 is 0 Å². The maximum atomic E-state index is 6.46. The highest BCUT2D eigenvalue weighted by molar-refractivity contribution is 6.29. The zero-order valence-corrected chi connectivity index (χ0v) is 30.0. The fourth-order valence-corrected chi connectivity index (χ4v) is 8.71. The van der Waals surface area contributed by atoms with Crippen molar-refractivity contribution in [1.29, 1.82) is 0 Å². The first kappa shape index (κ1) is 30.9. The molecule has 0 aliphatic carbocycles. The van der Waals surface area contributed by atoms with Crippen LogP contribution in [0, 0.1) is 0 Å². The first-order valence-corrected chi connectivity index (χ1v) is 18.9. The van der Waals surface area contributed by atoms with Gasteiger partial charge in [0.2, 0.25) is 0 Å². The molecule has 12 rings (SSSR count). The molecule has 3 heterocycles. The molecule has 0 aliphatic heterocycles. The molecule has 12 aromatic rings. The minimum Gasteiger partial charge on any atom is -0.455 e. The van der Waals surface area contributed by atoms with Crippen LogP contribution in [0.15, 0.2) is 191 Å². The van der Waals surface area contributed by atoms with Crippen molar-refractivity contribution in [3.05, 3.63) is 182 Å². The Morgan fingerprint density at radius 3 is 1.62 bits per heavy atom. The molecule has 3 aromatic heterocycles. The normalized spacial score (nSPS) is 11.9. The molecule has 0 amide bonds. The van der Waals surface area contributed by atoms with Gasteiger partial charge in [-0.15, -0.1) is 0 Å². The Morgan fingerprint density at radius 2 is 0.875 bits per heavy atom. The van der Waals surface area contributed by atoms with Gasteiger partial charge in [0, 0.05) is 32.8 Å². The third-order valence-corrected chi connectivity index (χ3v) is 11.3. The molecule has 0 atom stereocenters. The molecule has 260 valence electrons. The second-order valence-corrected chi connectivity index (χ2v) is 14.4. The smallest absolute Gasteiger partial charge is 0.180 e. The Balaban J connectivity index is 1.13. The molecular formula is C52H30N2O2. The summed E-state index contributed by atoms with van der Waals surface area (Å²) in [6.07, 6.45) is 0. The molecule has 0 unspecified atom stereocenters. The summed E-state index contributed by atoms with van der Waals surface area (Å²) in [5.74, 6) is 0.650. The monoisotopic (exact) mass is 714 g/mol. The van der Waals surface area contributed by atoms with Crippen LogP contribution >= 0.6 is 0 Å². The Bertz CT molecular complexity index is 3520. The molecule has 9 aromatic carbocycles. The van der Waals surface area contributed by atoms with Crippen molar-refractivity contribution in [3.8, 4) is 44.9 Å². The van der Waals surface area contributed by atoms with Gasteiger partial charge in [0.25, 0.3) is 0 Å². The number of aromatic nitrogens is 2. The van der Waals surface area contributed by atoms with Crippen LogP contribution in [0.5, 0.6) is 0 Å². The van der Waals surface area contributed by atoms with E-state index in [9.17, 15) is 0 Å². The van der Waals surface area contributed by atoms with Crippen LogP contribution in [0.1, 0.15) is 0 Å². The zero-order chi connectivity index (χ0) is 36.7. The van der Waals surface area contributed by atoms with Crippen molar-refractivity contribution in [2.45, 2.75) is 0 Å². The summed E-state index contributed by atoms with van der Waals surface area (Å²) in [6.45, 7) is 0. The number of para-hydroxylation sites is 3. The molecule has 0 spiro atoms. The standard InChI is InChI=1S/C52H30N2O2/c1-2-13-33(14-3-1)48-51-49(42-20-9-11-24-46(42)56-51)54-52(53-48)34-29-43(47-40-19-7-6-16-37(40)36-15-4-5-17-38(36)44(47)30-34)32-27-25-31(26-28-32)35-21-12-22-41-39-18-8-10-23-45(39)55-50(35)41/h1-30H. The molecular weight excluding hydrogens is 685 g/mol. The molecule has 0 aliphatic rings. The molecule has 0 saturated heterocycles. The first-order chi connectivity index (χ1) is 27.8. The minimum absolute atomic E-state index is 0.650. The summed E-state index contributed by atoms with van der Waals surface area (Å²) < 4.78 is 12.9. The quantitative estimate of drug-likeness (QED) is 0.170. The lowest BCUT2D eigenvalue weighted by molar-refractivity contribution is 0.667. The number of furan rings is 2. The average Bonchev–Trinajstić information content (AvgIpc) is 3.85. The van der Waals surface area contributed by atoms with Gasteiger partial charge in [0.05, 0.1) is 0 Å². The van der Waals surface area contributed by atoms with Crippen molar-refractivity contribution in [2.75, 3.05) is 0 Å². The van der Waals surface area contributed by atoms with Gasteiger partial charge in [-0.2, -0.15) is 0 Å². The van der Waals surface area contributed by atoms with E-state index in [4.69, 9.17) is 18.8 Å². The van der Waals surface area contributed by atoms with E-state index in [-0.39, 0.29) is 0 Å². The Kier molecular flexibility index (Phi) is 6.60. The molecule has 0 fully saturated rings. The fourth-order valence-electron chi connectivity index (χ4n) is 8.71. The van der Waals surface area contributed by atoms with Crippen molar-refractivity contribution < 1.29 is 8.83 Å². The maximum absolute atomic E-state index is 6.46. The van der Waals surface area contributed by atoms with E-state index >= 15 is 0 Å². The van der Waals surface area contributed by atoms with E-state index in [1.54, 1.807) is 0 Å². The van der Waals surface area contributed by atoms with Gasteiger partial charge in [0.15, 0.2) is 11.4 Å². The number of hydrogen-bond acceptors (Lipinski definition) is 4. The van der Waals surface area contributed by atoms with E-state index in [1.165, 1.54) is 26.9 Å². The molecule has 0 N–H and O–H groups in total. The van der Waals surface area contributed by atoms with E-state index in [0.717, 1.165) is 82.9 Å². The van der Waals surface area contributed by atoms with E-state index in [1.807, 2.05) is 48.5 Å². The molecule has 4 heteroatoms. The van der Waals surface area contributed by atoms with Crippen LogP contribution in [0.3, 0.4) is 0 Å². The minimum atomic E-state index is 0.650. The van der Waals surface area contributed by atoms with Gasteiger partial charge in [-0.05, 0) is 79.3 Å². The highest BCUT2D eigenvalue weighted by atomic mass is 16.3. The lowest BCUT2D eigenvalue weighted by atomic mass is 9.87. The number of benzene rings is 9. The van der Waals surface area contributed by atoms with E-state index in [2.05, 4.69) is 133 Å². The number of fused-ring (bicyclic) bond motifs is 12. The Morgan fingerprint density at radius 1 is 0.321 bits per heavy atom. The van der Waals surface area contributed by atoms with Gasteiger partial charge in [0.1, 0.15) is 28.0 Å². The van der Waals surface area contributed by atoms with Crippen molar-refractivity contribution in [3.63, 3.8) is 0 Å². The zero-order valence-electron chi connectivity index (χ0n) is 30.0. The fraction of sp³-hybridized carbons (Fsp3) is 0. The van der Waals surface area contributed by atoms with Crippen molar-refractivity contribution >= 4 is 76.3 Å². The van der Waals surface area contributed by atoms with Gasteiger partial charge in [-0.1, -0.05) is 152 Å². The van der Waals surface area contributed by atoms with E-state index < -0.39 is 0 Å². The molecule has 56 heavy (non-hydrogen) atoms. The topological polar surface area (TPSA) is 52.1 Å². The lowest BCUT2D eigenvalue weighted by Crippen LogP contribution is -1.96. The summed E-state index contributed by atoms with van der Waals surface area (Å²) >= 11 is 0. The predicted octanol–water partition coefficient (Wildman–Crippen LogP) is 14.4. The number of rotatable bonds is 4. The second-order valence-electron chi connectivity index (χ2n) is 14.4. The van der Waals surface area contributed by atoms with Crippen molar-refractivity contribution in [1.82, 2.24) is 9.97 Å². The van der Waals surface area contributed by atoms with Crippen LogP contribution in [-0.4, -0.2) is 9.97 Å². The van der Waals surface area contributed by atoms with Gasteiger partial charge >= 0.3 is 0 Å². The maximum Gasteiger partial charge on any atom is 0.180 e. The molecule has 0 bridgehead atoms. The van der Waals surface area contributed by atoms with Gasteiger partial charge < -0.3 is 8.83 Å². The highest BCUT2D eigenvalue weighted by Gasteiger charge is 2.21. The van der Waals surface area contributed by atoms with Crippen LogP contribution in [0.25, 0.3) is 121 Å². The largest absolute Gasteiger partial charge is 0.455 e. The Labute approximate surface area is 320 Å². The summed E-state index contributed by atoms with van der Waals surface area (Å²) in [5.41, 5.74) is 11.2. The summed E-state index contributed by atoms with van der Waals surface area (Å²) in [4.78, 5) is 10.6. The highest BCUT2D eigenvalue weighted by Crippen LogP contribution is 2.44. The number of hydrogen-bond donors (Lipinski definition) is 0.